The molecule has 1 aromatic carbocycles. The Morgan fingerprint density at radius 3 is 2.17 bits per heavy atom. The maximum atomic E-state index is 12.5. The minimum Gasteiger partial charge on any atom is -0.452 e. The van der Waals surface area contributed by atoms with Gasteiger partial charge in [0.2, 0.25) is 0 Å². The van der Waals surface area contributed by atoms with E-state index in [4.69, 9.17) is 4.74 Å². The normalized spacial score (nSPS) is 19.5. The first-order chi connectivity index (χ1) is 13.9. The van der Waals surface area contributed by atoms with Gasteiger partial charge in [-0.3, -0.25) is 9.59 Å². The molecule has 2 heterocycles. The molecule has 1 aromatic rings. The predicted molar refractivity (Wildman–Crippen MR) is 110 cm³/mol. The molecule has 3 rings (SSSR count). The molecule has 0 bridgehead atoms. The van der Waals surface area contributed by atoms with E-state index < -0.39 is 6.10 Å². The lowest BCUT2D eigenvalue weighted by molar-refractivity contribution is -0.164. The van der Waals surface area contributed by atoms with E-state index in [0.717, 1.165) is 31.6 Å². The molecule has 1 atom stereocenters. The van der Waals surface area contributed by atoms with Crippen LogP contribution < -0.4 is 5.32 Å². The molecule has 2 saturated heterocycles. The van der Waals surface area contributed by atoms with Gasteiger partial charge in [0.25, 0.3) is 5.91 Å². The number of ether oxygens (including phenoxy) is 1. The number of esters is 1. The van der Waals surface area contributed by atoms with E-state index in [1.165, 1.54) is 0 Å². The molecule has 3 amide bonds. The van der Waals surface area contributed by atoms with Crippen molar-refractivity contribution in [2.45, 2.75) is 45.6 Å². The smallest absolute Gasteiger partial charge is 0.321 e. The molecule has 1 N–H and O–H groups in total. The molecule has 158 valence electrons. The van der Waals surface area contributed by atoms with Gasteiger partial charge in [0.05, 0.1) is 5.92 Å². The summed E-state index contributed by atoms with van der Waals surface area (Å²) in [6.07, 6.45) is 2.33. The van der Waals surface area contributed by atoms with E-state index in [1.807, 2.05) is 30.3 Å². The first-order valence-corrected chi connectivity index (χ1v) is 10.5. The predicted octanol–water partition coefficient (Wildman–Crippen LogP) is 3.12. The summed E-state index contributed by atoms with van der Waals surface area (Å²) in [6, 6.07) is 9.14. The number of anilines is 1. The molecule has 0 aliphatic carbocycles. The summed E-state index contributed by atoms with van der Waals surface area (Å²) in [5, 5.41) is 2.86. The van der Waals surface area contributed by atoms with Crippen LogP contribution >= 0.6 is 0 Å². The highest BCUT2D eigenvalue weighted by molar-refractivity contribution is 5.89. The third-order valence-electron chi connectivity index (χ3n) is 5.88. The van der Waals surface area contributed by atoms with Crippen molar-refractivity contribution in [3.05, 3.63) is 30.3 Å². The number of nitrogens with one attached hydrogen (secondary N) is 1. The van der Waals surface area contributed by atoms with Gasteiger partial charge in [0.1, 0.15) is 0 Å². The van der Waals surface area contributed by atoms with Crippen LogP contribution in [0.3, 0.4) is 0 Å². The summed E-state index contributed by atoms with van der Waals surface area (Å²) in [5.41, 5.74) is 0.749. The standard InChI is InChI=1S/C22H31N3O4/c1-16-8-12-24(13-9-16)20(26)17(2)29-21(27)18-10-14-25(15-11-18)22(28)23-19-6-4-3-5-7-19/h3-7,16-18H,8-15H2,1-2H3,(H,23,28)/t17-/m0/s1. The van der Waals surface area contributed by atoms with Gasteiger partial charge in [0, 0.05) is 31.9 Å². The number of piperidine rings is 2. The zero-order valence-corrected chi connectivity index (χ0v) is 17.3. The van der Waals surface area contributed by atoms with Gasteiger partial charge < -0.3 is 19.9 Å². The molecular formula is C22H31N3O4. The van der Waals surface area contributed by atoms with Crippen LogP contribution in [0.5, 0.6) is 0 Å². The summed E-state index contributed by atoms with van der Waals surface area (Å²) in [4.78, 5) is 40.9. The molecule has 0 radical (unpaired) electrons. The highest BCUT2D eigenvalue weighted by Gasteiger charge is 2.32. The van der Waals surface area contributed by atoms with Gasteiger partial charge in [-0.05, 0) is 50.7 Å². The van der Waals surface area contributed by atoms with Crippen LogP contribution in [-0.4, -0.2) is 60.0 Å². The fourth-order valence-electron chi connectivity index (χ4n) is 3.85. The molecule has 29 heavy (non-hydrogen) atoms. The third kappa shape index (κ3) is 5.71. The van der Waals surface area contributed by atoms with E-state index >= 15 is 0 Å². The minimum atomic E-state index is -0.754. The number of benzene rings is 1. The summed E-state index contributed by atoms with van der Waals surface area (Å²) in [6.45, 7) is 6.29. The van der Waals surface area contributed by atoms with Crippen molar-refractivity contribution in [2.24, 2.45) is 11.8 Å². The minimum absolute atomic E-state index is 0.107. The van der Waals surface area contributed by atoms with Crippen LogP contribution in [0, 0.1) is 11.8 Å². The number of carbonyl (C=O) groups is 3. The van der Waals surface area contributed by atoms with Gasteiger partial charge in [-0.25, -0.2) is 4.79 Å². The second kappa shape index (κ2) is 9.76. The molecule has 0 saturated carbocycles. The molecule has 2 aliphatic heterocycles. The van der Waals surface area contributed by atoms with Crippen molar-refractivity contribution >= 4 is 23.6 Å². The van der Waals surface area contributed by atoms with E-state index in [2.05, 4.69) is 12.2 Å². The van der Waals surface area contributed by atoms with Crippen LogP contribution in [0.1, 0.15) is 39.5 Å². The van der Waals surface area contributed by atoms with Gasteiger partial charge >= 0.3 is 12.0 Å². The van der Waals surface area contributed by atoms with Crippen molar-refractivity contribution in [2.75, 3.05) is 31.5 Å². The largest absolute Gasteiger partial charge is 0.452 e. The summed E-state index contributed by atoms with van der Waals surface area (Å²) < 4.78 is 5.47. The summed E-state index contributed by atoms with van der Waals surface area (Å²) >= 11 is 0. The van der Waals surface area contributed by atoms with E-state index in [9.17, 15) is 14.4 Å². The maximum absolute atomic E-state index is 12.5. The fourth-order valence-corrected chi connectivity index (χ4v) is 3.85. The first-order valence-electron chi connectivity index (χ1n) is 10.5. The molecule has 0 aromatic heterocycles. The molecule has 2 aliphatic rings. The lowest BCUT2D eigenvalue weighted by Gasteiger charge is -2.33. The van der Waals surface area contributed by atoms with Gasteiger partial charge in [-0.2, -0.15) is 0 Å². The van der Waals surface area contributed by atoms with Crippen LogP contribution in [0.15, 0.2) is 30.3 Å². The number of carbonyl (C=O) groups excluding carboxylic acids is 3. The zero-order chi connectivity index (χ0) is 20.8. The number of rotatable bonds is 4. The number of hydrogen-bond acceptors (Lipinski definition) is 4. The highest BCUT2D eigenvalue weighted by Crippen LogP contribution is 2.22. The average molecular weight is 402 g/mol. The van der Waals surface area contributed by atoms with Crippen molar-refractivity contribution in [3.63, 3.8) is 0 Å². The summed E-state index contributed by atoms with van der Waals surface area (Å²) in [7, 11) is 0. The molecule has 0 spiro atoms. The number of urea groups is 1. The fraction of sp³-hybridized carbons (Fsp3) is 0.591. The second-order valence-electron chi connectivity index (χ2n) is 8.14. The lowest BCUT2D eigenvalue weighted by Crippen LogP contribution is -2.46. The SMILES string of the molecule is CC1CCN(C(=O)[C@H](C)OC(=O)C2CCN(C(=O)Nc3ccccc3)CC2)CC1. The number of amides is 3. The average Bonchev–Trinajstić information content (AvgIpc) is 2.74. The Bertz CT molecular complexity index is 708. The van der Waals surface area contributed by atoms with E-state index in [-0.39, 0.29) is 23.8 Å². The van der Waals surface area contributed by atoms with Gasteiger partial charge in [0.15, 0.2) is 6.10 Å². The van der Waals surface area contributed by atoms with E-state index in [1.54, 1.807) is 16.7 Å². The number of likely N-dealkylation sites (tertiary alicyclic amines) is 2. The number of nitrogens with zero attached hydrogens (tertiary/aromatic N) is 2. The summed E-state index contributed by atoms with van der Waals surface area (Å²) in [5.74, 6) is -0.0714. The topological polar surface area (TPSA) is 79.0 Å². The molecular weight excluding hydrogens is 370 g/mol. The van der Waals surface area contributed by atoms with Gasteiger partial charge in [-0.1, -0.05) is 25.1 Å². The van der Waals surface area contributed by atoms with Crippen molar-refractivity contribution in [1.29, 1.82) is 0 Å². The monoisotopic (exact) mass is 401 g/mol. The Morgan fingerprint density at radius 1 is 0.966 bits per heavy atom. The van der Waals surface area contributed by atoms with E-state index in [0.29, 0.717) is 31.8 Å². The molecule has 2 fully saturated rings. The Kier molecular flexibility index (Phi) is 7.12. The number of para-hydroxylation sites is 1. The Hall–Kier alpha value is -2.57. The van der Waals surface area contributed by atoms with Crippen LogP contribution in [0.2, 0.25) is 0 Å². The first kappa shape index (κ1) is 21.1. The van der Waals surface area contributed by atoms with Crippen molar-refractivity contribution in [1.82, 2.24) is 9.80 Å². The maximum Gasteiger partial charge on any atom is 0.321 e. The lowest BCUT2D eigenvalue weighted by atomic mass is 9.97. The van der Waals surface area contributed by atoms with Gasteiger partial charge in [-0.15, -0.1) is 0 Å². The molecule has 0 unspecified atom stereocenters. The molecule has 7 nitrogen and oxygen atoms in total. The Labute approximate surface area is 172 Å². The quantitative estimate of drug-likeness (QED) is 0.786. The second-order valence-corrected chi connectivity index (χ2v) is 8.14. The van der Waals surface area contributed by atoms with Crippen molar-refractivity contribution in [3.8, 4) is 0 Å². The van der Waals surface area contributed by atoms with Crippen molar-refractivity contribution < 1.29 is 19.1 Å². The van der Waals surface area contributed by atoms with Crippen LogP contribution in [0.4, 0.5) is 10.5 Å². The highest BCUT2D eigenvalue weighted by atomic mass is 16.5. The van der Waals surface area contributed by atoms with Crippen LogP contribution in [0.25, 0.3) is 0 Å². The number of hydrogen-bond donors (Lipinski definition) is 1. The Morgan fingerprint density at radius 2 is 1.55 bits per heavy atom. The van der Waals surface area contributed by atoms with Crippen LogP contribution in [-0.2, 0) is 14.3 Å². The Balaban J connectivity index is 1.42. The molecule has 7 heteroatoms. The third-order valence-corrected chi connectivity index (χ3v) is 5.88. The zero-order valence-electron chi connectivity index (χ0n) is 17.3.